The molecule has 0 spiro atoms. The number of anilines is 3. The van der Waals surface area contributed by atoms with Gasteiger partial charge in [-0.2, -0.15) is 5.26 Å². The third kappa shape index (κ3) is 3.77. The van der Waals surface area contributed by atoms with Crippen molar-refractivity contribution < 1.29 is 4.74 Å². The van der Waals surface area contributed by atoms with E-state index in [0.717, 1.165) is 74.4 Å². The Morgan fingerprint density at radius 2 is 1.53 bits per heavy atom. The molecule has 3 aliphatic heterocycles. The summed E-state index contributed by atoms with van der Waals surface area (Å²) < 4.78 is 5.51. The van der Waals surface area contributed by atoms with Crippen LogP contribution in [0.3, 0.4) is 0 Å². The minimum Gasteiger partial charge on any atom is -0.376 e. The van der Waals surface area contributed by atoms with Crippen molar-refractivity contribution >= 4 is 17.5 Å². The number of aromatic nitrogens is 3. The van der Waals surface area contributed by atoms with E-state index >= 15 is 0 Å². The number of fused-ring (bicyclic) bond motifs is 1. The first-order chi connectivity index (χ1) is 14.8. The maximum Gasteiger partial charge on any atom is 0.151 e. The molecule has 30 heavy (non-hydrogen) atoms. The summed E-state index contributed by atoms with van der Waals surface area (Å²) in [6.07, 6.45) is 4.60. The fraction of sp³-hybridized carbons (Fsp3) is 0.545. The van der Waals surface area contributed by atoms with Crippen LogP contribution in [0, 0.1) is 11.3 Å². The van der Waals surface area contributed by atoms with Crippen LogP contribution in [0.5, 0.6) is 0 Å². The fourth-order valence-corrected chi connectivity index (χ4v) is 4.52. The van der Waals surface area contributed by atoms with E-state index in [9.17, 15) is 5.26 Å². The van der Waals surface area contributed by atoms with Crippen molar-refractivity contribution in [1.29, 1.82) is 5.26 Å². The summed E-state index contributed by atoms with van der Waals surface area (Å²) in [4.78, 5) is 11.7. The average molecular weight is 406 g/mol. The minimum absolute atomic E-state index is 0.553. The van der Waals surface area contributed by atoms with Crippen molar-refractivity contribution in [2.45, 2.75) is 32.3 Å². The van der Waals surface area contributed by atoms with Gasteiger partial charge in [-0.3, -0.25) is 0 Å². The molecule has 8 heteroatoms. The number of hydrogen-bond donors (Lipinski definition) is 0. The lowest BCUT2D eigenvalue weighted by Gasteiger charge is -2.36. The minimum atomic E-state index is 0.553. The van der Waals surface area contributed by atoms with Gasteiger partial charge < -0.3 is 19.4 Å². The molecule has 8 nitrogen and oxygen atoms in total. The zero-order valence-electron chi connectivity index (χ0n) is 17.3. The molecule has 0 amide bonds. The van der Waals surface area contributed by atoms with Gasteiger partial charge in [-0.15, -0.1) is 10.2 Å². The van der Waals surface area contributed by atoms with E-state index in [2.05, 4.69) is 43.1 Å². The van der Waals surface area contributed by atoms with Crippen molar-refractivity contribution in [3.63, 3.8) is 0 Å². The highest BCUT2D eigenvalue weighted by atomic mass is 16.5. The molecule has 2 saturated heterocycles. The van der Waals surface area contributed by atoms with Crippen molar-refractivity contribution in [3.05, 3.63) is 35.0 Å². The Balaban J connectivity index is 1.26. The maximum absolute atomic E-state index is 9.62. The van der Waals surface area contributed by atoms with Gasteiger partial charge in [0.2, 0.25) is 0 Å². The summed E-state index contributed by atoms with van der Waals surface area (Å²) in [5.74, 6) is 2.72. The molecule has 0 bridgehead atoms. The highest BCUT2D eigenvalue weighted by molar-refractivity contribution is 5.57. The lowest BCUT2D eigenvalue weighted by atomic mass is 10.1. The number of piperazine rings is 1. The molecule has 2 aromatic heterocycles. The molecule has 5 rings (SSSR count). The second kappa shape index (κ2) is 8.44. The number of piperidine rings is 1. The number of pyridine rings is 1. The fourth-order valence-electron chi connectivity index (χ4n) is 4.52. The molecule has 0 radical (unpaired) electrons. The van der Waals surface area contributed by atoms with Crippen molar-refractivity contribution in [3.8, 4) is 6.07 Å². The highest BCUT2D eigenvalue weighted by Crippen LogP contribution is 2.26. The van der Waals surface area contributed by atoms with E-state index in [1.807, 2.05) is 6.07 Å². The van der Waals surface area contributed by atoms with E-state index in [1.165, 1.54) is 19.3 Å². The molecule has 3 aliphatic rings. The Morgan fingerprint density at radius 3 is 2.20 bits per heavy atom. The SMILES string of the molecule is N#Cc1cc2c(nc1N1CCN(c3ccc(N4CCCCC4)nn3)CC1)CCOC2. The predicted molar refractivity (Wildman–Crippen MR) is 115 cm³/mol. The van der Waals surface area contributed by atoms with Crippen LogP contribution in [0.4, 0.5) is 17.5 Å². The first-order valence-electron chi connectivity index (χ1n) is 10.9. The topological polar surface area (TPSA) is 81.4 Å². The van der Waals surface area contributed by atoms with Crippen molar-refractivity contribution in [2.75, 3.05) is 60.6 Å². The summed E-state index contributed by atoms with van der Waals surface area (Å²) in [6, 6.07) is 8.46. The third-order valence-corrected chi connectivity index (χ3v) is 6.25. The van der Waals surface area contributed by atoms with Gasteiger partial charge in [0.15, 0.2) is 11.6 Å². The van der Waals surface area contributed by atoms with Crippen LogP contribution in [0.1, 0.15) is 36.1 Å². The van der Waals surface area contributed by atoms with Crippen molar-refractivity contribution in [1.82, 2.24) is 15.2 Å². The summed E-state index contributed by atoms with van der Waals surface area (Å²) in [5.41, 5.74) is 2.75. The van der Waals surface area contributed by atoms with Gasteiger partial charge in [0, 0.05) is 51.3 Å². The first kappa shape index (κ1) is 19.1. The van der Waals surface area contributed by atoms with E-state index in [-0.39, 0.29) is 0 Å². The molecular weight excluding hydrogens is 378 g/mol. The Morgan fingerprint density at radius 1 is 0.867 bits per heavy atom. The normalized spacial score (nSPS) is 19.4. The number of nitriles is 1. The van der Waals surface area contributed by atoms with E-state index in [0.29, 0.717) is 18.8 Å². The zero-order chi connectivity index (χ0) is 20.3. The Kier molecular flexibility index (Phi) is 5.37. The first-order valence-corrected chi connectivity index (χ1v) is 10.9. The van der Waals surface area contributed by atoms with Gasteiger partial charge >= 0.3 is 0 Å². The van der Waals surface area contributed by atoms with Crippen LogP contribution < -0.4 is 14.7 Å². The smallest absolute Gasteiger partial charge is 0.151 e. The van der Waals surface area contributed by atoms with Crippen LogP contribution in [0.2, 0.25) is 0 Å². The molecule has 2 aromatic rings. The number of ether oxygens (including phenoxy) is 1. The summed E-state index contributed by atoms with van der Waals surface area (Å²) in [6.45, 7) is 6.71. The van der Waals surface area contributed by atoms with Crippen LogP contribution >= 0.6 is 0 Å². The van der Waals surface area contributed by atoms with E-state index in [4.69, 9.17) is 9.72 Å². The summed E-state index contributed by atoms with van der Waals surface area (Å²) in [5, 5.41) is 18.6. The number of hydrogen-bond acceptors (Lipinski definition) is 8. The maximum atomic E-state index is 9.62. The molecule has 0 unspecified atom stereocenters. The molecule has 0 saturated carbocycles. The molecule has 0 atom stereocenters. The van der Waals surface area contributed by atoms with Gasteiger partial charge in [-0.1, -0.05) is 0 Å². The standard InChI is InChI=1S/C22H27N7O/c23-15-17-14-18-16-30-13-6-19(18)24-22(17)29-11-9-28(10-12-29)21-5-4-20(25-26-21)27-7-2-1-3-8-27/h4-5,14H,1-3,6-13,16H2. The predicted octanol–water partition coefficient (Wildman–Crippen LogP) is 2.13. The van der Waals surface area contributed by atoms with Crippen LogP contribution in [0.25, 0.3) is 0 Å². The van der Waals surface area contributed by atoms with Crippen LogP contribution in [-0.4, -0.2) is 61.1 Å². The van der Waals surface area contributed by atoms with E-state index in [1.54, 1.807) is 0 Å². The number of rotatable bonds is 3. The van der Waals surface area contributed by atoms with Crippen molar-refractivity contribution in [2.24, 2.45) is 0 Å². The Hall–Kier alpha value is -2.92. The van der Waals surface area contributed by atoms with Crippen LogP contribution in [0.15, 0.2) is 18.2 Å². The largest absolute Gasteiger partial charge is 0.376 e. The number of nitrogens with zero attached hydrogens (tertiary/aromatic N) is 7. The van der Waals surface area contributed by atoms with Gasteiger partial charge in [-0.25, -0.2) is 4.98 Å². The second-order valence-electron chi connectivity index (χ2n) is 8.15. The van der Waals surface area contributed by atoms with E-state index < -0.39 is 0 Å². The van der Waals surface area contributed by atoms with Gasteiger partial charge in [0.05, 0.1) is 24.5 Å². The molecule has 0 aromatic carbocycles. The zero-order valence-corrected chi connectivity index (χ0v) is 17.3. The third-order valence-electron chi connectivity index (χ3n) is 6.25. The quantitative estimate of drug-likeness (QED) is 0.768. The van der Waals surface area contributed by atoms with Gasteiger partial charge in [0.1, 0.15) is 11.9 Å². The average Bonchev–Trinajstić information content (AvgIpc) is 2.84. The lowest BCUT2D eigenvalue weighted by molar-refractivity contribution is 0.109. The molecule has 2 fully saturated rings. The second-order valence-corrected chi connectivity index (χ2v) is 8.15. The molecule has 0 aliphatic carbocycles. The Bertz CT molecular complexity index is 926. The van der Waals surface area contributed by atoms with Gasteiger partial charge in [-0.05, 0) is 37.5 Å². The summed E-state index contributed by atoms with van der Waals surface area (Å²) >= 11 is 0. The molecule has 5 heterocycles. The monoisotopic (exact) mass is 405 g/mol. The van der Waals surface area contributed by atoms with Crippen LogP contribution in [-0.2, 0) is 17.8 Å². The summed E-state index contributed by atoms with van der Waals surface area (Å²) in [7, 11) is 0. The molecular formula is C22H27N7O. The molecule has 0 N–H and O–H groups in total. The molecule has 156 valence electrons. The van der Waals surface area contributed by atoms with Gasteiger partial charge in [0.25, 0.3) is 0 Å². The highest BCUT2D eigenvalue weighted by Gasteiger charge is 2.24. The Labute approximate surface area is 177 Å². The lowest BCUT2D eigenvalue weighted by Crippen LogP contribution is -2.47.